The molecule has 0 bridgehead atoms. The molecule has 2 amide bonds. The van der Waals surface area contributed by atoms with Crippen molar-refractivity contribution in [3.8, 4) is 5.75 Å². The third kappa shape index (κ3) is 5.82. The molecule has 0 atom stereocenters. The SMILES string of the molecule is Cc1ccc(OCc2nnc(SCC(=O)Nc3nc(C)c(C(=O)N(C)C)s3)n2C)cc1. The molecule has 31 heavy (non-hydrogen) atoms. The number of thiazole rings is 1. The predicted molar refractivity (Wildman–Crippen MR) is 121 cm³/mol. The Morgan fingerprint density at radius 2 is 1.90 bits per heavy atom. The van der Waals surface area contributed by atoms with E-state index in [0.717, 1.165) is 11.3 Å². The third-order valence-corrected chi connectivity index (χ3v) is 6.37. The maximum Gasteiger partial charge on any atom is 0.265 e. The van der Waals surface area contributed by atoms with Gasteiger partial charge in [0.25, 0.3) is 5.91 Å². The van der Waals surface area contributed by atoms with Gasteiger partial charge in [0, 0.05) is 21.1 Å². The lowest BCUT2D eigenvalue weighted by Crippen LogP contribution is -2.21. The summed E-state index contributed by atoms with van der Waals surface area (Å²) in [6, 6.07) is 7.78. The van der Waals surface area contributed by atoms with Crippen LogP contribution in [0.25, 0.3) is 0 Å². The summed E-state index contributed by atoms with van der Waals surface area (Å²) in [5.41, 5.74) is 1.76. The van der Waals surface area contributed by atoms with Gasteiger partial charge in [0.2, 0.25) is 5.91 Å². The molecule has 11 heteroatoms. The summed E-state index contributed by atoms with van der Waals surface area (Å²) < 4.78 is 7.54. The van der Waals surface area contributed by atoms with Gasteiger partial charge in [-0.25, -0.2) is 4.98 Å². The number of ether oxygens (including phenoxy) is 1. The first-order valence-electron chi connectivity index (χ1n) is 9.44. The van der Waals surface area contributed by atoms with Crippen LogP contribution in [0, 0.1) is 13.8 Å². The first-order valence-corrected chi connectivity index (χ1v) is 11.2. The van der Waals surface area contributed by atoms with E-state index in [0.29, 0.717) is 26.7 Å². The van der Waals surface area contributed by atoms with E-state index in [4.69, 9.17) is 4.74 Å². The summed E-state index contributed by atoms with van der Waals surface area (Å²) in [6.07, 6.45) is 0. The standard InChI is InChI=1S/C20H24N6O3S2/c1-12-6-8-14(9-7-12)29-10-15-23-24-20(26(15)5)30-11-16(27)22-19-21-13(2)17(31-19)18(28)25(3)4/h6-9H,10-11H2,1-5H3,(H,21,22,27). The van der Waals surface area contributed by atoms with Gasteiger partial charge in [0.15, 0.2) is 16.1 Å². The zero-order valence-electron chi connectivity index (χ0n) is 18.0. The van der Waals surface area contributed by atoms with Crippen LogP contribution < -0.4 is 10.1 Å². The largest absolute Gasteiger partial charge is 0.486 e. The molecule has 0 saturated carbocycles. The van der Waals surface area contributed by atoms with Gasteiger partial charge in [-0.1, -0.05) is 40.8 Å². The third-order valence-electron chi connectivity index (χ3n) is 4.29. The van der Waals surface area contributed by atoms with Gasteiger partial charge in [-0.05, 0) is 26.0 Å². The number of nitrogens with one attached hydrogen (secondary N) is 1. The van der Waals surface area contributed by atoms with Crippen LogP contribution in [0.5, 0.6) is 5.75 Å². The minimum atomic E-state index is -0.233. The van der Waals surface area contributed by atoms with Gasteiger partial charge in [0.1, 0.15) is 17.2 Å². The second-order valence-electron chi connectivity index (χ2n) is 7.03. The van der Waals surface area contributed by atoms with Crippen molar-refractivity contribution < 1.29 is 14.3 Å². The fourth-order valence-electron chi connectivity index (χ4n) is 2.52. The molecule has 1 aromatic carbocycles. The van der Waals surface area contributed by atoms with E-state index in [-0.39, 0.29) is 24.2 Å². The van der Waals surface area contributed by atoms with Crippen LogP contribution in [-0.4, -0.2) is 56.3 Å². The van der Waals surface area contributed by atoms with E-state index in [1.54, 1.807) is 25.6 Å². The van der Waals surface area contributed by atoms with E-state index in [2.05, 4.69) is 20.5 Å². The average molecular weight is 461 g/mol. The Hall–Kier alpha value is -2.92. The molecule has 0 radical (unpaired) electrons. The number of carbonyl (C=O) groups excluding carboxylic acids is 2. The maximum absolute atomic E-state index is 12.3. The number of rotatable bonds is 8. The number of aromatic nitrogens is 4. The van der Waals surface area contributed by atoms with Gasteiger partial charge in [-0.3, -0.25) is 9.59 Å². The lowest BCUT2D eigenvalue weighted by Gasteiger charge is -2.07. The second kappa shape index (κ2) is 9.92. The van der Waals surface area contributed by atoms with Crippen LogP contribution in [-0.2, 0) is 18.4 Å². The Kier molecular flexibility index (Phi) is 7.29. The van der Waals surface area contributed by atoms with Gasteiger partial charge < -0.3 is 19.5 Å². The molecule has 3 aromatic rings. The highest BCUT2D eigenvalue weighted by Crippen LogP contribution is 2.24. The van der Waals surface area contributed by atoms with Crippen LogP contribution in [0.15, 0.2) is 29.4 Å². The summed E-state index contributed by atoms with van der Waals surface area (Å²) >= 11 is 2.43. The maximum atomic E-state index is 12.3. The van der Waals surface area contributed by atoms with Crippen molar-refractivity contribution in [1.82, 2.24) is 24.6 Å². The highest BCUT2D eigenvalue weighted by molar-refractivity contribution is 7.99. The highest BCUT2D eigenvalue weighted by atomic mass is 32.2. The van der Waals surface area contributed by atoms with Crippen LogP contribution >= 0.6 is 23.1 Å². The minimum Gasteiger partial charge on any atom is -0.486 e. The van der Waals surface area contributed by atoms with Crippen molar-refractivity contribution in [1.29, 1.82) is 0 Å². The zero-order chi connectivity index (χ0) is 22.5. The number of aryl methyl sites for hydroxylation is 2. The Balaban J connectivity index is 1.53. The molecule has 0 aliphatic rings. The van der Waals surface area contributed by atoms with Crippen LogP contribution in [0.2, 0.25) is 0 Å². The van der Waals surface area contributed by atoms with Gasteiger partial charge >= 0.3 is 0 Å². The first kappa shape index (κ1) is 22.8. The smallest absolute Gasteiger partial charge is 0.265 e. The molecule has 3 rings (SSSR count). The lowest BCUT2D eigenvalue weighted by molar-refractivity contribution is -0.113. The fourth-order valence-corrected chi connectivity index (χ4v) is 4.25. The number of amides is 2. The molecule has 0 fully saturated rings. The van der Waals surface area contributed by atoms with Crippen molar-refractivity contribution in [2.45, 2.75) is 25.6 Å². The number of anilines is 1. The molecule has 0 spiro atoms. The summed E-state index contributed by atoms with van der Waals surface area (Å²) in [4.78, 5) is 30.7. The normalized spacial score (nSPS) is 10.7. The Morgan fingerprint density at radius 1 is 1.19 bits per heavy atom. The summed E-state index contributed by atoms with van der Waals surface area (Å²) in [5, 5.41) is 12.0. The number of carbonyl (C=O) groups is 2. The van der Waals surface area contributed by atoms with Crippen molar-refractivity contribution in [2.24, 2.45) is 7.05 Å². The quantitative estimate of drug-likeness (QED) is 0.516. The second-order valence-corrected chi connectivity index (χ2v) is 8.97. The van der Waals surface area contributed by atoms with E-state index in [9.17, 15) is 9.59 Å². The van der Waals surface area contributed by atoms with Gasteiger partial charge in [-0.15, -0.1) is 10.2 Å². The van der Waals surface area contributed by atoms with E-state index >= 15 is 0 Å². The van der Waals surface area contributed by atoms with Crippen molar-refractivity contribution in [3.63, 3.8) is 0 Å². The minimum absolute atomic E-state index is 0.135. The number of hydrogen-bond acceptors (Lipinski definition) is 8. The molecule has 164 valence electrons. The molecular formula is C20H24N6O3S2. The Labute approximate surface area is 188 Å². The zero-order valence-corrected chi connectivity index (χ0v) is 19.6. The molecule has 0 aliphatic carbocycles. The Bertz CT molecular complexity index is 1080. The van der Waals surface area contributed by atoms with E-state index < -0.39 is 0 Å². The molecule has 9 nitrogen and oxygen atoms in total. The molecule has 2 heterocycles. The topological polar surface area (TPSA) is 102 Å². The fraction of sp³-hybridized carbons (Fsp3) is 0.350. The van der Waals surface area contributed by atoms with Gasteiger partial charge in [-0.2, -0.15) is 0 Å². The predicted octanol–water partition coefficient (Wildman–Crippen LogP) is 2.90. The molecule has 0 aliphatic heterocycles. The van der Waals surface area contributed by atoms with E-state index in [1.165, 1.54) is 28.0 Å². The summed E-state index contributed by atoms with van der Waals surface area (Å²) in [7, 11) is 5.19. The van der Waals surface area contributed by atoms with E-state index in [1.807, 2.05) is 38.2 Å². The first-order chi connectivity index (χ1) is 14.7. The van der Waals surface area contributed by atoms with Crippen LogP contribution in [0.4, 0.5) is 5.13 Å². The molecule has 1 N–H and O–H groups in total. The number of thioether (sulfide) groups is 1. The number of nitrogens with zero attached hydrogens (tertiary/aromatic N) is 5. The lowest BCUT2D eigenvalue weighted by atomic mass is 10.2. The monoisotopic (exact) mass is 460 g/mol. The van der Waals surface area contributed by atoms with Crippen LogP contribution in [0.3, 0.4) is 0 Å². The molecule has 0 unspecified atom stereocenters. The van der Waals surface area contributed by atoms with Crippen molar-refractivity contribution >= 4 is 40.0 Å². The Morgan fingerprint density at radius 3 is 2.58 bits per heavy atom. The average Bonchev–Trinajstić information content (AvgIpc) is 3.27. The molecular weight excluding hydrogens is 436 g/mol. The van der Waals surface area contributed by atoms with Crippen molar-refractivity contribution in [3.05, 3.63) is 46.2 Å². The van der Waals surface area contributed by atoms with Gasteiger partial charge in [0.05, 0.1) is 11.4 Å². The summed E-state index contributed by atoms with van der Waals surface area (Å²) in [6.45, 7) is 4.04. The highest BCUT2D eigenvalue weighted by Gasteiger charge is 2.18. The molecule has 2 aromatic heterocycles. The molecule has 0 saturated heterocycles. The van der Waals surface area contributed by atoms with Crippen molar-refractivity contribution in [2.75, 3.05) is 25.2 Å². The van der Waals surface area contributed by atoms with Crippen LogP contribution in [0.1, 0.15) is 26.8 Å². The summed E-state index contributed by atoms with van der Waals surface area (Å²) in [5.74, 6) is 1.19. The number of hydrogen-bond donors (Lipinski definition) is 1. The number of benzene rings is 1.